The number of hydrogen-bond acceptors (Lipinski definition) is 3. The van der Waals surface area contributed by atoms with Crippen LogP contribution >= 0.6 is 0 Å². The highest BCUT2D eigenvalue weighted by Crippen LogP contribution is 2.50. The van der Waals surface area contributed by atoms with Crippen LogP contribution in [0.3, 0.4) is 0 Å². The van der Waals surface area contributed by atoms with Crippen LogP contribution in [-0.4, -0.2) is 24.2 Å². The molecule has 2 atom stereocenters. The predicted octanol–water partition coefficient (Wildman–Crippen LogP) is 5.44. The van der Waals surface area contributed by atoms with E-state index in [9.17, 15) is 5.26 Å². The van der Waals surface area contributed by atoms with Crippen molar-refractivity contribution in [2.75, 3.05) is 13.1 Å². The zero-order valence-electron chi connectivity index (χ0n) is 15.8. The Morgan fingerprint density at radius 2 is 1.96 bits per heavy atom. The Morgan fingerprint density at radius 3 is 2.50 bits per heavy atom. The molecular weight excluding hydrogens is 327 g/mol. The average Bonchev–Trinajstić information content (AvgIpc) is 3.12. The van der Waals surface area contributed by atoms with E-state index >= 15 is 4.39 Å². The molecule has 3 nitrogen and oxygen atoms in total. The van der Waals surface area contributed by atoms with Gasteiger partial charge in [-0.1, -0.05) is 45.0 Å². The zero-order chi connectivity index (χ0) is 18.8. The van der Waals surface area contributed by atoms with Crippen LogP contribution in [0.2, 0.25) is 0 Å². The minimum Gasteiger partial charge on any atom is -0.472 e. The molecule has 1 aromatic carbocycles. The summed E-state index contributed by atoms with van der Waals surface area (Å²) in [5, 5.41) is 9.23. The lowest BCUT2D eigenvalue weighted by atomic mass is 9.59. The Labute approximate surface area is 155 Å². The molecule has 2 aromatic rings. The minimum atomic E-state index is -0.985. The first kappa shape index (κ1) is 18.7. The molecule has 138 valence electrons. The highest BCUT2D eigenvalue weighted by molar-refractivity contribution is 5.62. The molecule has 2 heterocycles. The van der Waals surface area contributed by atoms with Crippen molar-refractivity contribution in [1.29, 1.82) is 5.26 Å². The summed E-state index contributed by atoms with van der Waals surface area (Å²) in [6.07, 6.45) is 3.42. The Hall–Kier alpha value is -2.12. The molecule has 0 spiro atoms. The van der Waals surface area contributed by atoms with Crippen molar-refractivity contribution in [1.82, 2.24) is 4.90 Å². The second-order valence-corrected chi connectivity index (χ2v) is 8.40. The van der Waals surface area contributed by atoms with Crippen molar-refractivity contribution in [3.8, 4) is 17.2 Å². The van der Waals surface area contributed by atoms with Crippen LogP contribution in [-0.2, 0) is 6.54 Å². The van der Waals surface area contributed by atoms with E-state index in [1.165, 1.54) is 5.56 Å². The quantitative estimate of drug-likeness (QED) is 0.734. The lowest BCUT2D eigenvalue weighted by Gasteiger charge is -2.51. The number of hydrogen-bond donors (Lipinski definition) is 0. The summed E-state index contributed by atoms with van der Waals surface area (Å²) in [5.74, 6) is 0. The van der Waals surface area contributed by atoms with Gasteiger partial charge in [-0.15, -0.1) is 0 Å². The number of furan rings is 1. The lowest BCUT2D eigenvalue weighted by Crippen LogP contribution is -2.54. The van der Waals surface area contributed by atoms with E-state index in [-0.39, 0.29) is 11.8 Å². The van der Waals surface area contributed by atoms with Gasteiger partial charge < -0.3 is 4.42 Å². The molecular formula is C22H27FN2O. The summed E-state index contributed by atoms with van der Waals surface area (Å²) in [6, 6.07) is 12.5. The lowest BCUT2D eigenvalue weighted by molar-refractivity contribution is -0.0660. The van der Waals surface area contributed by atoms with E-state index in [0.717, 1.165) is 30.6 Å². The first-order chi connectivity index (χ1) is 12.4. The fourth-order valence-corrected chi connectivity index (χ4v) is 4.09. The molecule has 1 aromatic heterocycles. The topological polar surface area (TPSA) is 40.2 Å². The third-order valence-electron chi connectivity index (χ3n) is 6.00. The number of alkyl halides is 1. The summed E-state index contributed by atoms with van der Waals surface area (Å²) in [4.78, 5) is 2.17. The molecule has 3 rings (SSSR count). The molecule has 26 heavy (non-hydrogen) atoms. The van der Waals surface area contributed by atoms with E-state index in [0.29, 0.717) is 6.54 Å². The Kier molecular flexibility index (Phi) is 5.20. The van der Waals surface area contributed by atoms with Crippen LogP contribution in [0.1, 0.15) is 39.2 Å². The minimum absolute atomic E-state index is 0.222. The van der Waals surface area contributed by atoms with Gasteiger partial charge in [0.2, 0.25) is 0 Å². The van der Waals surface area contributed by atoms with Crippen LogP contribution < -0.4 is 0 Å². The molecule has 0 radical (unpaired) electrons. The molecule has 0 saturated carbocycles. The molecule has 4 heteroatoms. The van der Waals surface area contributed by atoms with Gasteiger partial charge >= 0.3 is 0 Å². The van der Waals surface area contributed by atoms with Gasteiger partial charge in [-0.05, 0) is 35.6 Å². The van der Waals surface area contributed by atoms with Crippen LogP contribution in [0.5, 0.6) is 0 Å². The maximum absolute atomic E-state index is 15.2. The SMILES string of the molecule is CC(C)(C)C1(CC#N)CCN(Cc2ccc(-c3ccoc3)cc2)CC1F. The Morgan fingerprint density at radius 1 is 1.23 bits per heavy atom. The molecule has 2 unspecified atom stereocenters. The first-order valence-electron chi connectivity index (χ1n) is 9.21. The predicted molar refractivity (Wildman–Crippen MR) is 101 cm³/mol. The molecule has 1 aliphatic rings. The normalized spacial score (nSPS) is 24.3. The molecule has 0 aliphatic carbocycles. The fraction of sp³-hybridized carbons (Fsp3) is 0.500. The summed E-state index contributed by atoms with van der Waals surface area (Å²) < 4.78 is 20.3. The molecule has 0 amide bonds. The third-order valence-corrected chi connectivity index (χ3v) is 6.00. The van der Waals surface area contributed by atoms with Crippen LogP contribution in [0.4, 0.5) is 4.39 Å². The van der Waals surface area contributed by atoms with E-state index in [2.05, 4.69) is 56.0 Å². The number of piperidine rings is 1. The fourth-order valence-electron chi connectivity index (χ4n) is 4.09. The standard InChI is InChI=1S/C22H27FN2O/c1-21(2,3)22(9-11-24)10-12-25(15-20(22)23)14-17-4-6-18(7-5-17)19-8-13-26-16-19/h4-8,13,16,20H,9-10,12,14-15H2,1-3H3. The van der Waals surface area contributed by atoms with Crippen molar-refractivity contribution in [2.24, 2.45) is 10.8 Å². The van der Waals surface area contributed by atoms with E-state index in [1.807, 2.05) is 6.07 Å². The van der Waals surface area contributed by atoms with Gasteiger partial charge in [0.25, 0.3) is 0 Å². The van der Waals surface area contributed by atoms with E-state index in [1.54, 1.807) is 12.5 Å². The van der Waals surface area contributed by atoms with Crippen molar-refractivity contribution >= 4 is 0 Å². The largest absolute Gasteiger partial charge is 0.472 e. The van der Waals surface area contributed by atoms with Gasteiger partial charge in [-0.3, -0.25) is 4.90 Å². The van der Waals surface area contributed by atoms with Gasteiger partial charge in [0.1, 0.15) is 6.17 Å². The number of rotatable bonds is 4. The van der Waals surface area contributed by atoms with Crippen molar-refractivity contribution in [3.63, 3.8) is 0 Å². The van der Waals surface area contributed by atoms with Gasteiger partial charge in [-0.25, -0.2) is 4.39 Å². The van der Waals surface area contributed by atoms with Crippen LogP contribution in [0.15, 0.2) is 47.3 Å². The number of nitrogens with zero attached hydrogens (tertiary/aromatic N) is 2. The van der Waals surface area contributed by atoms with Gasteiger partial charge in [0, 0.05) is 30.5 Å². The number of halogens is 1. The highest BCUT2D eigenvalue weighted by atomic mass is 19.1. The number of likely N-dealkylation sites (tertiary alicyclic amines) is 1. The average molecular weight is 354 g/mol. The summed E-state index contributed by atoms with van der Waals surface area (Å²) in [5.41, 5.74) is 2.58. The van der Waals surface area contributed by atoms with Gasteiger partial charge in [-0.2, -0.15) is 5.26 Å². The molecule has 1 saturated heterocycles. The van der Waals surface area contributed by atoms with E-state index in [4.69, 9.17) is 4.42 Å². The third kappa shape index (κ3) is 3.54. The second kappa shape index (κ2) is 7.25. The Bertz CT molecular complexity index is 755. The second-order valence-electron chi connectivity index (χ2n) is 8.40. The molecule has 1 fully saturated rings. The van der Waals surface area contributed by atoms with Gasteiger partial charge in [0.15, 0.2) is 0 Å². The molecule has 0 bridgehead atoms. The van der Waals surface area contributed by atoms with Crippen molar-refractivity contribution in [3.05, 3.63) is 48.4 Å². The zero-order valence-corrected chi connectivity index (χ0v) is 15.8. The summed E-state index contributed by atoms with van der Waals surface area (Å²) in [6.45, 7) is 8.12. The van der Waals surface area contributed by atoms with Crippen molar-refractivity contribution < 1.29 is 8.81 Å². The maximum Gasteiger partial charge on any atom is 0.120 e. The summed E-state index contributed by atoms with van der Waals surface area (Å²) >= 11 is 0. The smallest absolute Gasteiger partial charge is 0.120 e. The molecule has 0 N–H and O–H groups in total. The van der Waals surface area contributed by atoms with Crippen LogP contribution in [0.25, 0.3) is 11.1 Å². The summed E-state index contributed by atoms with van der Waals surface area (Å²) in [7, 11) is 0. The monoisotopic (exact) mass is 354 g/mol. The maximum atomic E-state index is 15.2. The van der Waals surface area contributed by atoms with Crippen molar-refractivity contribution in [2.45, 2.75) is 46.3 Å². The molecule has 1 aliphatic heterocycles. The van der Waals surface area contributed by atoms with Gasteiger partial charge in [0.05, 0.1) is 18.6 Å². The number of benzene rings is 1. The highest BCUT2D eigenvalue weighted by Gasteiger charge is 2.51. The first-order valence-corrected chi connectivity index (χ1v) is 9.21. The van der Waals surface area contributed by atoms with Crippen LogP contribution in [0, 0.1) is 22.2 Å². The van der Waals surface area contributed by atoms with E-state index < -0.39 is 11.6 Å². The Balaban J connectivity index is 1.67. The number of nitriles is 1.